The summed E-state index contributed by atoms with van der Waals surface area (Å²) in [5, 5.41) is 4.28. The van der Waals surface area contributed by atoms with E-state index in [9.17, 15) is 22.8 Å². The molecule has 1 aliphatic carbocycles. The molecule has 1 amide bonds. The van der Waals surface area contributed by atoms with Crippen LogP contribution in [0.4, 0.5) is 13.2 Å². The number of aromatic nitrogens is 2. The summed E-state index contributed by atoms with van der Waals surface area (Å²) < 4.78 is 46.0. The number of halogens is 3. The molecule has 2 fully saturated rings. The molecule has 31 heavy (non-hydrogen) atoms. The molecular weight excluding hydrogens is 411 g/mol. The Morgan fingerprint density at radius 3 is 2.68 bits per heavy atom. The number of hydrogen-bond donors (Lipinski definition) is 0. The molecule has 0 radical (unpaired) electrons. The third kappa shape index (κ3) is 4.45. The summed E-state index contributed by atoms with van der Waals surface area (Å²) in [6.45, 7) is 2.83. The maximum Gasteiger partial charge on any atom is 0.416 e. The fraction of sp³-hybridized carbons (Fsp3) is 0.500. The molecular formula is C22H24F3N3O3. The van der Waals surface area contributed by atoms with E-state index in [0.29, 0.717) is 37.3 Å². The fourth-order valence-electron chi connectivity index (χ4n) is 4.08. The predicted octanol–water partition coefficient (Wildman–Crippen LogP) is 4.18. The molecule has 0 spiro atoms. The van der Waals surface area contributed by atoms with Gasteiger partial charge in [0.15, 0.2) is 0 Å². The van der Waals surface area contributed by atoms with Crippen LogP contribution < -0.4 is 0 Å². The lowest BCUT2D eigenvalue weighted by Gasteiger charge is -2.31. The van der Waals surface area contributed by atoms with Crippen molar-refractivity contribution in [3.05, 3.63) is 47.3 Å². The highest BCUT2D eigenvalue weighted by Crippen LogP contribution is 2.43. The van der Waals surface area contributed by atoms with Crippen LogP contribution >= 0.6 is 0 Å². The van der Waals surface area contributed by atoms with Crippen molar-refractivity contribution in [1.29, 1.82) is 0 Å². The van der Waals surface area contributed by atoms with Gasteiger partial charge >= 0.3 is 12.1 Å². The van der Waals surface area contributed by atoms with Crippen molar-refractivity contribution in [2.75, 3.05) is 19.7 Å². The zero-order chi connectivity index (χ0) is 22.2. The number of likely N-dealkylation sites (tertiary alicyclic amines) is 1. The third-order valence-corrected chi connectivity index (χ3v) is 5.75. The fourth-order valence-corrected chi connectivity index (χ4v) is 4.08. The number of ether oxygens (including phenoxy) is 1. The van der Waals surface area contributed by atoms with Crippen LogP contribution in [0.15, 0.2) is 30.5 Å². The van der Waals surface area contributed by atoms with Crippen molar-refractivity contribution in [3.63, 3.8) is 0 Å². The van der Waals surface area contributed by atoms with Gasteiger partial charge in [-0.1, -0.05) is 6.07 Å². The first-order valence-electron chi connectivity index (χ1n) is 10.5. The highest BCUT2D eigenvalue weighted by atomic mass is 19.4. The van der Waals surface area contributed by atoms with E-state index in [4.69, 9.17) is 4.74 Å². The maximum atomic E-state index is 13.3. The number of carbonyl (C=O) groups is 2. The van der Waals surface area contributed by atoms with E-state index in [2.05, 4.69) is 5.10 Å². The zero-order valence-electron chi connectivity index (χ0n) is 17.2. The number of nitrogens with zero attached hydrogens (tertiary/aromatic N) is 3. The second-order valence-electron chi connectivity index (χ2n) is 8.02. The first-order chi connectivity index (χ1) is 14.8. The molecule has 1 aliphatic heterocycles. The van der Waals surface area contributed by atoms with Crippen LogP contribution in [0, 0.1) is 5.92 Å². The molecule has 2 aliphatic rings. The van der Waals surface area contributed by atoms with Crippen molar-refractivity contribution in [2.45, 2.75) is 44.7 Å². The standard InChI is InChI=1S/C22H24F3N3O3/c1-2-31-21(30)15-5-4-10-27(13-15)20(29)18-12-26-28(19(18)14-8-9-14)17-7-3-6-16(11-17)22(23,24)25/h3,6-7,11-12,14-15H,2,4-5,8-10,13H2,1H3. The van der Waals surface area contributed by atoms with E-state index in [1.807, 2.05) is 0 Å². The van der Waals surface area contributed by atoms with Gasteiger partial charge in [0.2, 0.25) is 0 Å². The molecule has 2 aromatic rings. The minimum absolute atomic E-state index is 0.0848. The number of amides is 1. The number of esters is 1. The minimum atomic E-state index is -4.46. The van der Waals surface area contributed by atoms with Gasteiger partial charge in [-0.25, -0.2) is 4.68 Å². The van der Waals surface area contributed by atoms with E-state index in [1.165, 1.54) is 16.9 Å². The number of benzene rings is 1. The number of carbonyl (C=O) groups excluding carboxylic acids is 2. The third-order valence-electron chi connectivity index (χ3n) is 5.75. The molecule has 166 valence electrons. The molecule has 0 N–H and O–H groups in total. The van der Waals surface area contributed by atoms with Crippen molar-refractivity contribution < 1.29 is 27.5 Å². The normalized spacial score (nSPS) is 19.4. The van der Waals surface area contributed by atoms with Crippen LogP contribution in [0.1, 0.15) is 60.1 Å². The van der Waals surface area contributed by atoms with Gasteiger partial charge in [0.25, 0.3) is 5.91 Å². The quantitative estimate of drug-likeness (QED) is 0.661. The lowest BCUT2D eigenvalue weighted by molar-refractivity contribution is -0.149. The summed E-state index contributed by atoms with van der Waals surface area (Å²) in [5.41, 5.74) is 0.550. The van der Waals surface area contributed by atoms with Crippen molar-refractivity contribution in [2.24, 2.45) is 5.92 Å². The molecule has 1 atom stereocenters. The molecule has 1 unspecified atom stereocenters. The van der Waals surface area contributed by atoms with Crippen LogP contribution in [0.2, 0.25) is 0 Å². The van der Waals surface area contributed by atoms with Gasteiger partial charge in [0.1, 0.15) is 0 Å². The molecule has 6 nitrogen and oxygen atoms in total. The van der Waals surface area contributed by atoms with E-state index in [0.717, 1.165) is 25.0 Å². The smallest absolute Gasteiger partial charge is 0.416 e. The Morgan fingerprint density at radius 2 is 2.00 bits per heavy atom. The molecule has 1 aromatic heterocycles. The van der Waals surface area contributed by atoms with Gasteiger partial charge in [0.05, 0.1) is 41.2 Å². The monoisotopic (exact) mass is 435 g/mol. The van der Waals surface area contributed by atoms with Crippen LogP contribution in [0.25, 0.3) is 5.69 Å². The topological polar surface area (TPSA) is 64.4 Å². The van der Waals surface area contributed by atoms with Crippen LogP contribution in [0.5, 0.6) is 0 Å². The van der Waals surface area contributed by atoms with Crippen LogP contribution in [-0.2, 0) is 15.7 Å². The van der Waals surface area contributed by atoms with Crippen molar-refractivity contribution in [1.82, 2.24) is 14.7 Å². The van der Waals surface area contributed by atoms with Crippen LogP contribution in [-0.4, -0.2) is 46.3 Å². The Hall–Kier alpha value is -2.84. The van der Waals surface area contributed by atoms with E-state index in [-0.39, 0.29) is 35.9 Å². The van der Waals surface area contributed by atoms with E-state index < -0.39 is 11.7 Å². The average Bonchev–Trinajstić information content (AvgIpc) is 3.50. The van der Waals surface area contributed by atoms with Gasteiger partial charge in [-0.15, -0.1) is 0 Å². The molecule has 2 heterocycles. The summed E-state index contributed by atoms with van der Waals surface area (Å²) in [5.74, 6) is -0.821. The minimum Gasteiger partial charge on any atom is -0.466 e. The Bertz CT molecular complexity index is 982. The van der Waals surface area contributed by atoms with Crippen molar-refractivity contribution in [3.8, 4) is 5.69 Å². The van der Waals surface area contributed by atoms with Gasteiger partial charge in [-0.2, -0.15) is 18.3 Å². The maximum absolute atomic E-state index is 13.3. The molecule has 4 rings (SSSR count). The van der Waals surface area contributed by atoms with Gasteiger partial charge < -0.3 is 9.64 Å². The largest absolute Gasteiger partial charge is 0.466 e. The summed E-state index contributed by atoms with van der Waals surface area (Å²) in [6.07, 6.45) is 0.0474. The number of rotatable bonds is 5. The number of alkyl halides is 3. The summed E-state index contributed by atoms with van der Waals surface area (Å²) in [6, 6.07) is 4.95. The predicted molar refractivity (Wildman–Crippen MR) is 106 cm³/mol. The second-order valence-corrected chi connectivity index (χ2v) is 8.02. The molecule has 1 aromatic carbocycles. The zero-order valence-corrected chi connectivity index (χ0v) is 17.2. The van der Waals surface area contributed by atoms with Gasteiger partial charge in [-0.05, 0) is 50.8 Å². The molecule has 1 saturated carbocycles. The summed E-state index contributed by atoms with van der Waals surface area (Å²) in [7, 11) is 0. The van der Waals surface area contributed by atoms with E-state index in [1.54, 1.807) is 17.9 Å². The Labute approximate surface area is 178 Å². The van der Waals surface area contributed by atoms with Gasteiger partial charge in [-0.3, -0.25) is 9.59 Å². The molecule has 9 heteroatoms. The highest BCUT2D eigenvalue weighted by molar-refractivity contribution is 5.96. The van der Waals surface area contributed by atoms with E-state index >= 15 is 0 Å². The Morgan fingerprint density at radius 1 is 1.23 bits per heavy atom. The summed E-state index contributed by atoms with van der Waals surface area (Å²) >= 11 is 0. The summed E-state index contributed by atoms with van der Waals surface area (Å²) in [4.78, 5) is 27.0. The molecule has 0 bridgehead atoms. The second kappa shape index (κ2) is 8.36. The number of piperidine rings is 1. The highest BCUT2D eigenvalue weighted by Gasteiger charge is 2.37. The Balaban J connectivity index is 1.63. The SMILES string of the molecule is CCOC(=O)C1CCCN(C(=O)c2cnn(-c3cccc(C(F)(F)F)c3)c2C2CC2)C1. The number of hydrogen-bond acceptors (Lipinski definition) is 4. The molecule has 1 saturated heterocycles. The van der Waals surface area contributed by atoms with Crippen molar-refractivity contribution >= 4 is 11.9 Å². The lowest BCUT2D eigenvalue weighted by Crippen LogP contribution is -2.43. The lowest BCUT2D eigenvalue weighted by atomic mass is 9.97. The van der Waals surface area contributed by atoms with Gasteiger partial charge in [0, 0.05) is 19.0 Å². The Kier molecular flexibility index (Phi) is 5.77. The first-order valence-corrected chi connectivity index (χ1v) is 10.5. The van der Waals surface area contributed by atoms with Crippen LogP contribution in [0.3, 0.4) is 0 Å². The first kappa shape index (κ1) is 21.4. The average molecular weight is 435 g/mol.